The van der Waals surface area contributed by atoms with E-state index in [9.17, 15) is 13.2 Å². The van der Waals surface area contributed by atoms with Crippen LogP contribution in [0.5, 0.6) is 0 Å². The lowest BCUT2D eigenvalue weighted by molar-refractivity contribution is -0.135. The van der Waals surface area contributed by atoms with Gasteiger partial charge in [0.1, 0.15) is 0 Å². The summed E-state index contributed by atoms with van der Waals surface area (Å²) in [7, 11) is -2.83. The van der Waals surface area contributed by atoms with E-state index in [0.29, 0.717) is 5.69 Å². The van der Waals surface area contributed by atoms with Gasteiger partial charge in [-0.1, -0.05) is 35.9 Å². The van der Waals surface area contributed by atoms with Gasteiger partial charge in [0.25, 0.3) is 0 Å². The highest BCUT2D eigenvalue weighted by atomic mass is 32.2. The Kier molecular flexibility index (Phi) is 5.18. The molecule has 2 rings (SSSR count). The largest absolute Gasteiger partial charge is 0.465 e. The van der Waals surface area contributed by atoms with E-state index in [4.69, 9.17) is 0 Å². The lowest BCUT2D eigenvalue weighted by Gasteiger charge is -2.09. The lowest BCUT2D eigenvalue weighted by Crippen LogP contribution is -2.16. The van der Waals surface area contributed by atoms with Crippen LogP contribution in [-0.4, -0.2) is 21.5 Å². The highest BCUT2D eigenvalue weighted by Crippen LogP contribution is 2.20. The molecule has 0 aliphatic carbocycles. The maximum absolute atomic E-state index is 12.6. The predicted molar refractivity (Wildman–Crippen MR) is 88.5 cm³/mol. The first-order chi connectivity index (χ1) is 10.9. The molecule has 1 N–H and O–H groups in total. The van der Waals surface area contributed by atoms with Crippen LogP contribution in [0.1, 0.15) is 5.56 Å². The van der Waals surface area contributed by atoms with E-state index < -0.39 is 20.7 Å². The van der Waals surface area contributed by atoms with Gasteiger partial charge in [0, 0.05) is 11.9 Å². The summed E-state index contributed by atoms with van der Waals surface area (Å²) in [6.45, 7) is 1.94. The van der Waals surface area contributed by atoms with Crippen molar-refractivity contribution in [1.82, 2.24) is 0 Å². The van der Waals surface area contributed by atoms with Gasteiger partial charge < -0.3 is 10.1 Å². The number of rotatable bonds is 5. The standard InChI is InChI=1S/C17H17NO4S/c1-13-8-10-14(11-9-13)18-12-16(17(19)22-2)23(20,21)15-6-4-3-5-7-15/h3-12,18H,1-2H3/b16-12+. The van der Waals surface area contributed by atoms with Gasteiger partial charge in [-0.05, 0) is 31.2 Å². The summed E-state index contributed by atoms with van der Waals surface area (Å²) in [6, 6.07) is 15.1. The van der Waals surface area contributed by atoms with Crippen molar-refractivity contribution in [2.75, 3.05) is 12.4 Å². The Morgan fingerprint density at radius 1 is 1.04 bits per heavy atom. The minimum Gasteiger partial charge on any atom is -0.465 e. The molecule has 0 aliphatic heterocycles. The fraction of sp³-hybridized carbons (Fsp3) is 0.118. The zero-order valence-corrected chi connectivity index (χ0v) is 13.6. The van der Waals surface area contributed by atoms with Crippen LogP contribution in [0.3, 0.4) is 0 Å². The third-order valence-corrected chi connectivity index (χ3v) is 4.91. The van der Waals surface area contributed by atoms with Gasteiger partial charge in [-0.25, -0.2) is 13.2 Å². The van der Waals surface area contributed by atoms with Crippen LogP contribution in [0.25, 0.3) is 0 Å². The van der Waals surface area contributed by atoms with Crippen molar-refractivity contribution in [3.63, 3.8) is 0 Å². The zero-order valence-electron chi connectivity index (χ0n) is 12.8. The molecule has 0 bridgehead atoms. The number of carbonyl (C=O) groups is 1. The predicted octanol–water partition coefficient (Wildman–Crippen LogP) is 2.90. The second kappa shape index (κ2) is 7.11. The maximum atomic E-state index is 12.6. The number of hydrogen-bond acceptors (Lipinski definition) is 5. The summed E-state index contributed by atoms with van der Waals surface area (Å²) < 4.78 is 29.8. The van der Waals surface area contributed by atoms with Gasteiger partial charge in [0.2, 0.25) is 9.84 Å². The SMILES string of the molecule is COC(=O)/C(=C\Nc1ccc(C)cc1)S(=O)(=O)c1ccccc1. The van der Waals surface area contributed by atoms with E-state index in [1.54, 1.807) is 30.3 Å². The molecule has 0 atom stereocenters. The van der Waals surface area contributed by atoms with Crippen LogP contribution in [0, 0.1) is 6.92 Å². The van der Waals surface area contributed by atoms with Gasteiger partial charge in [-0.15, -0.1) is 0 Å². The van der Waals surface area contributed by atoms with E-state index in [0.717, 1.165) is 18.9 Å². The summed E-state index contributed by atoms with van der Waals surface area (Å²) >= 11 is 0. The molecular weight excluding hydrogens is 314 g/mol. The molecule has 0 saturated carbocycles. The summed E-state index contributed by atoms with van der Waals surface area (Å²) in [5.41, 5.74) is 1.74. The molecule has 0 fully saturated rings. The van der Waals surface area contributed by atoms with Crippen LogP contribution in [0.15, 0.2) is 70.6 Å². The average molecular weight is 331 g/mol. The van der Waals surface area contributed by atoms with Crippen LogP contribution in [-0.2, 0) is 19.4 Å². The summed E-state index contributed by atoms with van der Waals surface area (Å²) in [5, 5.41) is 2.82. The zero-order chi connectivity index (χ0) is 16.9. The lowest BCUT2D eigenvalue weighted by atomic mass is 10.2. The number of esters is 1. The molecule has 5 nitrogen and oxygen atoms in total. The minimum absolute atomic E-state index is 0.0300. The van der Waals surface area contributed by atoms with Gasteiger partial charge in [-0.3, -0.25) is 0 Å². The number of methoxy groups -OCH3 is 1. The molecule has 2 aromatic carbocycles. The second-order valence-corrected chi connectivity index (χ2v) is 6.75. The highest BCUT2D eigenvalue weighted by molar-refractivity contribution is 7.96. The molecule has 0 aromatic heterocycles. The quantitative estimate of drug-likeness (QED) is 0.674. The summed E-state index contributed by atoms with van der Waals surface area (Å²) in [5.74, 6) is -0.923. The molecule has 0 radical (unpaired) electrons. The van der Waals surface area contributed by atoms with Crippen molar-refractivity contribution >= 4 is 21.5 Å². The van der Waals surface area contributed by atoms with Crippen LogP contribution < -0.4 is 5.32 Å². The Hall–Kier alpha value is -2.60. The third kappa shape index (κ3) is 3.98. The Labute approximate surface area is 135 Å². The molecule has 0 unspecified atom stereocenters. The monoisotopic (exact) mass is 331 g/mol. The fourth-order valence-corrected chi connectivity index (χ4v) is 3.16. The summed E-state index contributed by atoms with van der Waals surface area (Å²) in [6.07, 6.45) is 1.15. The third-order valence-electron chi connectivity index (χ3n) is 3.15. The first-order valence-corrected chi connectivity index (χ1v) is 8.35. The van der Waals surface area contributed by atoms with Crippen molar-refractivity contribution in [2.45, 2.75) is 11.8 Å². The molecule has 0 amide bonds. The molecule has 0 aliphatic rings. The number of nitrogens with one attached hydrogen (secondary N) is 1. The first-order valence-electron chi connectivity index (χ1n) is 6.87. The number of benzene rings is 2. The Balaban J connectivity index is 2.39. The van der Waals surface area contributed by atoms with Gasteiger partial charge >= 0.3 is 5.97 Å². The van der Waals surface area contributed by atoms with Crippen molar-refractivity contribution in [1.29, 1.82) is 0 Å². The Morgan fingerprint density at radius 3 is 2.22 bits per heavy atom. The smallest absolute Gasteiger partial charge is 0.351 e. The molecule has 120 valence electrons. The van der Waals surface area contributed by atoms with Crippen LogP contribution in [0.2, 0.25) is 0 Å². The van der Waals surface area contributed by atoms with Crippen LogP contribution >= 0.6 is 0 Å². The van der Waals surface area contributed by atoms with Crippen molar-refractivity contribution in [3.05, 3.63) is 71.3 Å². The number of carbonyl (C=O) groups excluding carboxylic acids is 1. The second-order valence-electron chi connectivity index (χ2n) is 4.83. The van der Waals surface area contributed by atoms with Crippen molar-refractivity contribution < 1.29 is 17.9 Å². The number of aryl methyl sites for hydroxylation is 1. The number of anilines is 1. The maximum Gasteiger partial charge on any atom is 0.351 e. The van der Waals surface area contributed by atoms with E-state index in [-0.39, 0.29) is 4.90 Å². The number of ether oxygens (including phenoxy) is 1. The fourth-order valence-electron chi connectivity index (χ4n) is 1.87. The summed E-state index contributed by atoms with van der Waals surface area (Å²) in [4.78, 5) is 11.5. The molecule has 6 heteroatoms. The van der Waals surface area contributed by atoms with E-state index in [1.165, 1.54) is 12.1 Å². The van der Waals surface area contributed by atoms with Crippen LogP contribution in [0.4, 0.5) is 5.69 Å². The number of sulfone groups is 1. The molecule has 0 spiro atoms. The minimum atomic E-state index is -3.97. The topological polar surface area (TPSA) is 72.5 Å². The van der Waals surface area contributed by atoms with Crippen molar-refractivity contribution in [3.8, 4) is 0 Å². The van der Waals surface area contributed by atoms with E-state index in [1.807, 2.05) is 19.1 Å². The Morgan fingerprint density at radius 2 is 1.65 bits per heavy atom. The van der Waals surface area contributed by atoms with Gasteiger partial charge in [0.15, 0.2) is 4.91 Å². The molecule has 2 aromatic rings. The molecule has 23 heavy (non-hydrogen) atoms. The van der Waals surface area contributed by atoms with Crippen molar-refractivity contribution in [2.24, 2.45) is 0 Å². The number of hydrogen-bond donors (Lipinski definition) is 1. The average Bonchev–Trinajstić information content (AvgIpc) is 2.57. The first kappa shape index (κ1) is 16.8. The highest BCUT2D eigenvalue weighted by Gasteiger charge is 2.27. The normalized spacial score (nSPS) is 11.8. The molecule has 0 heterocycles. The Bertz CT molecular complexity index is 809. The molecule has 0 saturated heterocycles. The molecular formula is C17H17NO4S. The van der Waals surface area contributed by atoms with E-state index >= 15 is 0 Å². The van der Waals surface area contributed by atoms with E-state index in [2.05, 4.69) is 10.1 Å². The van der Waals surface area contributed by atoms with Gasteiger partial charge in [-0.2, -0.15) is 0 Å². The van der Waals surface area contributed by atoms with Gasteiger partial charge in [0.05, 0.1) is 12.0 Å².